The lowest BCUT2D eigenvalue weighted by Crippen LogP contribution is -2.15. The number of benzene rings is 1. The average Bonchev–Trinajstić information content (AvgIpc) is 2.35. The highest BCUT2D eigenvalue weighted by Gasteiger charge is 2.19. The molecular weight excluding hydrogens is 212 g/mol. The molecule has 17 heavy (non-hydrogen) atoms. The molecule has 0 bridgehead atoms. The highest BCUT2D eigenvalue weighted by atomic mass is 16.5. The number of aldehydes is 1. The molecule has 0 aromatic heterocycles. The first-order chi connectivity index (χ1) is 8.05. The molecule has 0 N–H and O–H groups in total. The van der Waals surface area contributed by atoms with E-state index in [1.165, 1.54) is 5.56 Å². The fraction of sp³-hybridized carbons (Fsp3) is 0.533. The van der Waals surface area contributed by atoms with Crippen LogP contribution in [0.25, 0.3) is 0 Å². The minimum absolute atomic E-state index is 0.169. The van der Waals surface area contributed by atoms with Crippen LogP contribution in [-0.4, -0.2) is 13.4 Å². The third kappa shape index (κ3) is 3.32. The van der Waals surface area contributed by atoms with Crippen molar-refractivity contribution in [2.24, 2.45) is 0 Å². The van der Waals surface area contributed by atoms with E-state index < -0.39 is 0 Å². The van der Waals surface area contributed by atoms with Crippen LogP contribution in [0.5, 0.6) is 5.75 Å². The van der Waals surface area contributed by atoms with Gasteiger partial charge < -0.3 is 9.53 Å². The van der Waals surface area contributed by atoms with Crippen LogP contribution >= 0.6 is 0 Å². The standard InChI is InChI=1S/C15H22O2/c1-5-15(2,3)13-8-9-14(17-4)12(11-13)7-6-10-16/h8-11H,5-7H2,1-4H3. The van der Waals surface area contributed by atoms with Crippen molar-refractivity contribution in [1.82, 2.24) is 0 Å². The molecule has 0 radical (unpaired) electrons. The Morgan fingerprint density at radius 2 is 2.06 bits per heavy atom. The van der Waals surface area contributed by atoms with Crippen molar-refractivity contribution in [2.45, 2.75) is 45.4 Å². The third-order valence-corrected chi connectivity index (χ3v) is 3.48. The smallest absolute Gasteiger partial charge is 0.122 e. The van der Waals surface area contributed by atoms with Crippen LogP contribution in [0.1, 0.15) is 44.7 Å². The van der Waals surface area contributed by atoms with Gasteiger partial charge in [0, 0.05) is 6.42 Å². The van der Waals surface area contributed by atoms with E-state index in [1.807, 2.05) is 6.07 Å². The number of carbonyl (C=O) groups is 1. The summed E-state index contributed by atoms with van der Waals surface area (Å²) in [5.41, 5.74) is 2.60. The highest BCUT2D eigenvalue weighted by Crippen LogP contribution is 2.31. The summed E-state index contributed by atoms with van der Waals surface area (Å²) in [5.74, 6) is 0.877. The van der Waals surface area contributed by atoms with E-state index in [0.717, 1.165) is 30.4 Å². The maximum Gasteiger partial charge on any atom is 0.122 e. The summed E-state index contributed by atoms with van der Waals surface area (Å²) < 4.78 is 5.33. The van der Waals surface area contributed by atoms with Crippen molar-refractivity contribution >= 4 is 6.29 Å². The molecule has 0 aliphatic rings. The number of ether oxygens (including phenoxy) is 1. The van der Waals surface area contributed by atoms with Gasteiger partial charge in [-0.25, -0.2) is 0 Å². The summed E-state index contributed by atoms with van der Waals surface area (Å²) in [7, 11) is 1.67. The Morgan fingerprint density at radius 3 is 2.59 bits per heavy atom. The minimum Gasteiger partial charge on any atom is -0.496 e. The van der Waals surface area contributed by atoms with E-state index in [2.05, 4.69) is 32.9 Å². The van der Waals surface area contributed by atoms with Gasteiger partial charge in [-0.1, -0.05) is 32.9 Å². The fourth-order valence-corrected chi connectivity index (χ4v) is 1.81. The van der Waals surface area contributed by atoms with Crippen LogP contribution in [0.4, 0.5) is 0 Å². The van der Waals surface area contributed by atoms with Crippen molar-refractivity contribution in [1.29, 1.82) is 0 Å². The van der Waals surface area contributed by atoms with Gasteiger partial charge in [-0.3, -0.25) is 0 Å². The number of hydrogen-bond donors (Lipinski definition) is 0. The lowest BCUT2D eigenvalue weighted by Gasteiger charge is -2.24. The van der Waals surface area contributed by atoms with Gasteiger partial charge in [-0.2, -0.15) is 0 Å². The number of aryl methyl sites for hydroxylation is 1. The molecule has 2 heteroatoms. The van der Waals surface area contributed by atoms with Gasteiger partial charge in [0.2, 0.25) is 0 Å². The van der Waals surface area contributed by atoms with Crippen LogP contribution in [-0.2, 0) is 16.6 Å². The lowest BCUT2D eigenvalue weighted by atomic mass is 9.81. The second kappa shape index (κ2) is 5.85. The molecule has 0 unspecified atom stereocenters. The van der Waals surface area contributed by atoms with Crippen LogP contribution in [0.15, 0.2) is 18.2 Å². The quantitative estimate of drug-likeness (QED) is 0.704. The number of hydrogen-bond acceptors (Lipinski definition) is 2. The van der Waals surface area contributed by atoms with Crippen LogP contribution in [0, 0.1) is 0 Å². The molecule has 1 rings (SSSR count). The SMILES string of the molecule is CCC(C)(C)c1ccc(OC)c(CCC=O)c1. The molecule has 0 amide bonds. The van der Waals surface area contributed by atoms with E-state index in [-0.39, 0.29) is 5.41 Å². The monoisotopic (exact) mass is 234 g/mol. The average molecular weight is 234 g/mol. The molecule has 0 heterocycles. The van der Waals surface area contributed by atoms with Crippen LogP contribution in [0.3, 0.4) is 0 Å². The highest BCUT2D eigenvalue weighted by molar-refractivity contribution is 5.51. The Balaban J connectivity index is 3.07. The Labute approximate surface area is 104 Å². The van der Waals surface area contributed by atoms with Crippen molar-refractivity contribution in [3.63, 3.8) is 0 Å². The van der Waals surface area contributed by atoms with Gasteiger partial charge in [-0.15, -0.1) is 0 Å². The van der Waals surface area contributed by atoms with E-state index in [4.69, 9.17) is 4.74 Å². The maximum absolute atomic E-state index is 10.5. The van der Waals surface area contributed by atoms with Gasteiger partial charge in [0.1, 0.15) is 12.0 Å². The fourth-order valence-electron chi connectivity index (χ4n) is 1.81. The number of carbonyl (C=O) groups excluding carboxylic acids is 1. The molecule has 0 saturated heterocycles. The molecule has 94 valence electrons. The van der Waals surface area contributed by atoms with Crippen LogP contribution < -0.4 is 4.74 Å². The Hall–Kier alpha value is -1.31. The Bertz CT molecular complexity index is 381. The van der Waals surface area contributed by atoms with Crippen LogP contribution in [0.2, 0.25) is 0 Å². The summed E-state index contributed by atoms with van der Waals surface area (Å²) in [5, 5.41) is 0. The van der Waals surface area contributed by atoms with Crippen molar-refractivity contribution in [2.75, 3.05) is 7.11 Å². The van der Waals surface area contributed by atoms with Gasteiger partial charge >= 0.3 is 0 Å². The molecule has 2 nitrogen and oxygen atoms in total. The summed E-state index contributed by atoms with van der Waals surface area (Å²) in [6.07, 6.45) is 3.34. The van der Waals surface area contributed by atoms with E-state index in [9.17, 15) is 4.79 Å². The topological polar surface area (TPSA) is 26.3 Å². The predicted molar refractivity (Wildman–Crippen MR) is 70.7 cm³/mol. The summed E-state index contributed by atoms with van der Waals surface area (Å²) in [6, 6.07) is 6.30. The molecule has 0 saturated carbocycles. The zero-order valence-electron chi connectivity index (χ0n) is 11.2. The molecule has 0 aliphatic heterocycles. The molecule has 1 aromatic rings. The summed E-state index contributed by atoms with van der Waals surface area (Å²) in [4.78, 5) is 10.5. The molecule has 0 fully saturated rings. The normalized spacial score (nSPS) is 11.3. The number of rotatable bonds is 6. The van der Waals surface area contributed by atoms with E-state index >= 15 is 0 Å². The van der Waals surface area contributed by atoms with E-state index in [1.54, 1.807) is 7.11 Å². The first-order valence-electron chi connectivity index (χ1n) is 6.16. The zero-order valence-corrected chi connectivity index (χ0v) is 11.2. The van der Waals surface area contributed by atoms with Crippen molar-refractivity contribution in [3.8, 4) is 5.75 Å². The third-order valence-electron chi connectivity index (χ3n) is 3.48. The second-order valence-corrected chi connectivity index (χ2v) is 4.97. The van der Waals surface area contributed by atoms with Crippen molar-refractivity contribution in [3.05, 3.63) is 29.3 Å². The van der Waals surface area contributed by atoms with Gasteiger partial charge in [0.05, 0.1) is 7.11 Å². The first-order valence-corrected chi connectivity index (χ1v) is 6.16. The van der Waals surface area contributed by atoms with Gasteiger partial charge in [-0.05, 0) is 35.4 Å². The predicted octanol–water partition coefficient (Wildman–Crippen LogP) is 3.51. The zero-order chi connectivity index (χ0) is 12.9. The van der Waals surface area contributed by atoms with E-state index in [0.29, 0.717) is 6.42 Å². The molecule has 1 aromatic carbocycles. The second-order valence-electron chi connectivity index (χ2n) is 4.97. The van der Waals surface area contributed by atoms with Gasteiger partial charge in [0.25, 0.3) is 0 Å². The number of methoxy groups -OCH3 is 1. The molecule has 0 spiro atoms. The Kier molecular flexibility index (Phi) is 4.73. The van der Waals surface area contributed by atoms with Crippen molar-refractivity contribution < 1.29 is 9.53 Å². The Morgan fingerprint density at radius 1 is 1.35 bits per heavy atom. The minimum atomic E-state index is 0.169. The molecule has 0 aliphatic carbocycles. The first kappa shape index (κ1) is 13.8. The lowest BCUT2D eigenvalue weighted by molar-refractivity contribution is -0.107. The molecular formula is C15H22O2. The molecule has 0 atom stereocenters. The maximum atomic E-state index is 10.5. The summed E-state index contributed by atoms with van der Waals surface area (Å²) in [6.45, 7) is 6.66. The largest absolute Gasteiger partial charge is 0.496 e. The summed E-state index contributed by atoms with van der Waals surface area (Å²) >= 11 is 0. The van der Waals surface area contributed by atoms with Gasteiger partial charge in [0.15, 0.2) is 0 Å².